The highest BCUT2D eigenvalue weighted by Crippen LogP contribution is 2.61. The predicted molar refractivity (Wildman–Crippen MR) is 134 cm³/mol. The molecule has 5 aliphatic rings. The van der Waals surface area contributed by atoms with Crippen LogP contribution in [0.25, 0.3) is 0 Å². The van der Waals surface area contributed by atoms with Gasteiger partial charge in [0.15, 0.2) is 0 Å². The number of primary amides is 2. The second-order valence-electron chi connectivity index (χ2n) is 11.9. The van der Waals surface area contributed by atoms with E-state index in [0.717, 1.165) is 4.90 Å². The zero-order chi connectivity index (χ0) is 29.2. The molecule has 5 rings (SSSR count). The summed E-state index contributed by atoms with van der Waals surface area (Å²) in [5.41, 5.74) is 8.83. The van der Waals surface area contributed by atoms with E-state index in [1.54, 1.807) is 0 Å². The molecule has 8 atom stereocenters. The van der Waals surface area contributed by atoms with Crippen LogP contribution in [-0.2, 0) is 24.0 Å². The van der Waals surface area contributed by atoms with Gasteiger partial charge in [-0.05, 0) is 49.9 Å². The van der Waals surface area contributed by atoms with Gasteiger partial charge in [0.1, 0.15) is 11.6 Å². The summed E-state index contributed by atoms with van der Waals surface area (Å²) < 4.78 is 40.2. The Kier molecular flexibility index (Phi) is 6.77. The molecular formula is C27H34F3N5O5. The molecule has 10 nitrogen and oxygen atoms in total. The second-order valence-corrected chi connectivity index (χ2v) is 11.9. The van der Waals surface area contributed by atoms with Crippen molar-refractivity contribution in [3.8, 4) is 0 Å². The van der Waals surface area contributed by atoms with E-state index >= 15 is 0 Å². The van der Waals surface area contributed by atoms with Gasteiger partial charge in [0.25, 0.3) is 0 Å². The number of allylic oxidation sites excluding steroid dienone is 2. The Morgan fingerprint density at radius 3 is 2.38 bits per heavy atom. The van der Waals surface area contributed by atoms with Gasteiger partial charge < -0.3 is 27.0 Å². The number of carbonyl (C=O) groups excluding carboxylic acids is 5. The Labute approximate surface area is 229 Å². The van der Waals surface area contributed by atoms with Crippen molar-refractivity contribution in [3.63, 3.8) is 0 Å². The zero-order valence-corrected chi connectivity index (χ0v) is 21.9. The normalized spacial score (nSPS) is 34.9. The number of likely N-dealkylation sites (tertiary alicyclic amines) is 1. The van der Waals surface area contributed by atoms with E-state index in [1.165, 1.54) is 6.08 Å². The summed E-state index contributed by atoms with van der Waals surface area (Å²) in [4.78, 5) is 67.0. The Balaban J connectivity index is 1.63. The fraction of sp³-hybridized carbons (Fsp3) is 0.667. The van der Waals surface area contributed by atoms with E-state index in [1.807, 2.05) is 17.5 Å². The van der Waals surface area contributed by atoms with Crippen LogP contribution in [0.5, 0.6) is 0 Å². The van der Waals surface area contributed by atoms with Crippen LogP contribution in [0.2, 0.25) is 0 Å². The zero-order valence-electron chi connectivity index (χ0n) is 21.9. The van der Waals surface area contributed by atoms with Gasteiger partial charge in [-0.25, -0.2) is 0 Å². The van der Waals surface area contributed by atoms with E-state index in [4.69, 9.17) is 11.5 Å². The van der Waals surface area contributed by atoms with Crippen molar-refractivity contribution < 1.29 is 37.1 Å². The standard InChI is InChI=1S/C27H34F3N5O5/c1-2-25(7-3-8-25)19(34-24(40)27(28,29)30)22(38)35-12-16-13-4-5-14(10-13)18(16)26(35,23(32)39)17(20(31)36)11-15-6-9-33-21(15)37/h2,4-5,13-19H,1,3,6-12H2,(H2,31,36)(H2,32,39)(H,33,37)(H,34,40)/t13?,14?,15-,16?,17-,18?,19-,26?/m1/s1. The lowest BCUT2D eigenvalue weighted by Crippen LogP contribution is -2.70. The Morgan fingerprint density at radius 2 is 1.88 bits per heavy atom. The number of hydrogen-bond acceptors (Lipinski definition) is 5. The first-order valence-corrected chi connectivity index (χ1v) is 13.7. The van der Waals surface area contributed by atoms with Gasteiger partial charge >= 0.3 is 12.1 Å². The molecule has 2 saturated carbocycles. The molecule has 0 radical (unpaired) electrons. The topological polar surface area (TPSA) is 165 Å². The van der Waals surface area contributed by atoms with Crippen LogP contribution in [0.1, 0.15) is 38.5 Å². The summed E-state index contributed by atoms with van der Waals surface area (Å²) in [7, 11) is 0. The number of fused-ring (bicyclic) bond motifs is 5. The van der Waals surface area contributed by atoms with E-state index in [-0.39, 0.29) is 36.6 Å². The van der Waals surface area contributed by atoms with Crippen LogP contribution in [0.15, 0.2) is 24.8 Å². The van der Waals surface area contributed by atoms with E-state index < -0.39 is 64.6 Å². The highest BCUT2D eigenvalue weighted by Gasteiger charge is 2.71. The molecule has 13 heteroatoms. The van der Waals surface area contributed by atoms with E-state index in [2.05, 4.69) is 11.9 Å². The third kappa shape index (κ3) is 4.02. The molecule has 2 saturated heterocycles. The minimum atomic E-state index is -5.26. The first kappa shape index (κ1) is 28.2. The molecule has 40 heavy (non-hydrogen) atoms. The Hall–Kier alpha value is -3.38. The maximum atomic E-state index is 14.5. The van der Waals surface area contributed by atoms with Gasteiger partial charge in [0.05, 0.1) is 5.92 Å². The van der Waals surface area contributed by atoms with Gasteiger partial charge in [0, 0.05) is 30.3 Å². The maximum Gasteiger partial charge on any atom is 0.471 e. The minimum absolute atomic E-state index is 0.0323. The molecule has 2 aliphatic heterocycles. The van der Waals surface area contributed by atoms with E-state index in [0.29, 0.717) is 38.6 Å². The maximum absolute atomic E-state index is 14.5. The molecule has 5 unspecified atom stereocenters. The van der Waals surface area contributed by atoms with Crippen LogP contribution in [0.4, 0.5) is 13.2 Å². The molecule has 218 valence electrons. The number of carbonyl (C=O) groups is 5. The molecule has 5 amide bonds. The lowest BCUT2D eigenvalue weighted by molar-refractivity contribution is -0.177. The first-order valence-electron chi connectivity index (χ1n) is 13.7. The molecule has 0 aromatic rings. The largest absolute Gasteiger partial charge is 0.471 e. The fourth-order valence-electron chi connectivity index (χ4n) is 8.21. The molecule has 2 bridgehead atoms. The Morgan fingerprint density at radius 1 is 1.20 bits per heavy atom. The Bertz CT molecular complexity index is 1180. The number of halogens is 3. The quantitative estimate of drug-likeness (QED) is 0.299. The molecule has 0 aromatic carbocycles. The molecule has 0 spiro atoms. The molecular weight excluding hydrogens is 531 g/mol. The smallest absolute Gasteiger partial charge is 0.369 e. The summed E-state index contributed by atoms with van der Waals surface area (Å²) in [6.45, 7) is 4.05. The molecule has 2 heterocycles. The first-order chi connectivity index (χ1) is 18.8. The molecule has 3 aliphatic carbocycles. The lowest BCUT2D eigenvalue weighted by Gasteiger charge is -2.50. The average molecular weight is 566 g/mol. The second kappa shape index (κ2) is 9.62. The average Bonchev–Trinajstić information content (AvgIpc) is 3.62. The number of alkyl halides is 3. The van der Waals surface area contributed by atoms with Crippen molar-refractivity contribution >= 4 is 29.5 Å². The third-order valence-electron chi connectivity index (χ3n) is 10.2. The van der Waals surface area contributed by atoms with Crippen molar-refractivity contribution in [1.29, 1.82) is 0 Å². The van der Waals surface area contributed by atoms with Crippen LogP contribution in [0.3, 0.4) is 0 Å². The van der Waals surface area contributed by atoms with Gasteiger partial charge in [-0.3, -0.25) is 24.0 Å². The van der Waals surface area contributed by atoms with Crippen LogP contribution in [0, 0.1) is 40.9 Å². The van der Waals surface area contributed by atoms with Crippen LogP contribution < -0.4 is 22.1 Å². The summed E-state index contributed by atoms with van der Waals surface area (Å²) in [6, 6.07) is -1.70. The van der Waals surface area contributed by atoms with Crippen molar-refractivity contribution in [2.24, 2.45) is 52.4 Å². The SMILES string of the molecule is C=CC1([C@H](NC(=O)C(F)(F)F)C(=O)N2CC3C4C=CC(C4)C3C2(C(N)=O)[C@H](C[C@H]2CCNC2=O)C(N)=O)CCC1. The van der Waals surface area contributed by atoms with E-state index in [9.17, 15) is 37.1 Å². The van der Waals surface area contributed by atoms with Gasteiger partial charge in [-0.2, -0.15) is 13.2 Å². The molecule has 0 aromatic heterocycles. The number of rotatable bonds is 9. The number of nitrogens with zero attached hydrogens (tertiary/aromatic N) is 1. The number of hydrogen-bond donors (Lipinski definition) is 4. The van der Waals surface area contributed by atoms with Gasteiger partial charge in [0.2, 0.25) is 23.6 Å². The predicted octanol–water partition coefficient (Wildman–Crippen LogP) is 0.522. The molecule has 4 fully saturated rings. The summed E-state index contributed by atoms with van der Waals surface area (Å²) in [5, 5.41) is 4.57. The number of nitrogens with one attached hydrogen (secondary N) is 2. The number of amides is 5. The van der Waals surface area contributed by atoms with Crippen LogP contribution in [-0.4, -0.2) is 65.3 Å². The van der Waals surface area contributed by atoms with Crippen molar-refractivity contribution in [1.82, 2.24) is 15.5 Å². The highest BCUT2D eigenvalue weighted by atomic mass is 19.4. The summed E-state index contributed by atoms with van der Waals surface area (Å²) in [6.07, 6.45) is 2.10. The fourth-order valence-corrected chi connectivity index (χ4v) is 8.21. The monoisotopic (exact) mass is 565 g/mol. The minimum Gasteiger partial charge on any atom is -0.369 e. The summed E-state index contributed by atoms with van der Waals surface area (Å²) >= 11 is 0. The summed E-state index contributed by atoms with van der Waals surface area (Å²) in [5.74, 6) is -8.68. The third-order valence-corrected chi connectivity index (χ3v) is 10.2. The lowest BCUT2D eigenvalue weighted by atomic mass is 9.62. The van der Waals surface area contributed by atoms with Crippen molar-refractivity contribution in [3.05, 3.63) is 24.8 Å². The molecule has 6 N–H and O–H groups in total. The van der Waals surface area contributed by atoms with Gasteiger partial charge in [-0.15, -0.1) is 6.58 Å². The van der Waals surface area contributed by atoms with Crippen molar-refractivity contribution in [2.75, 3.05) is 13.1 Å². The van der Waals surface area contributed by atoms with Crippen LogP contribution >= 0.6 is 0 Å². The number of nitrogens with two attached hydrogens (primary N) is 2. The highest BCUT2D eigenvalue weighted by molar-refractivity contribution is 6.00. The van der Waals surface area contributed by atoms with Gasteiger partial charge in [-0.1, -0.05) is 24.6 Å². The van der Waals surface area contributed by atoms with Crippen molar-refractivity contribution in [2.45, 2.75) is 56.3 Å².